The molecule has 3 aromatic rings. The van der Waals surface area contributed by atoms with Crippen molar-refractivity contribution in [3.8, 4) is 17.4 Å². The van der Waals surface area contributed by atoms with E-state index in [1.165, 1.54) is 5.56 Å². The maximum absolute atomic E-state index is 10.7. The molecule has 2 aromatic heterocycles. The fourth-order valence-electron chi connectivity index (χ4n) is 3.70. The minimum atomic E-state index is 0. The van der Waals surface area contributed by atoms with Crippen LogP contribution in [-0.4, -0.2) is 45.0 Å². The first-order valence-electron chi connectivity index (χ1n) is 9.20. The van der Waals surface area contributed by atoms with Crippen molar-refractivity contribution < 1.29 is 9.84 Å². The van der Waals surface area contributed by atoms with Gasteiger partial charge in [-0.1, -0.05) is 18.2 Å². The molecule has 0 bridgehead atoms. The van der Waals surface area contributed by atoms with Gasteiger partial charge in [-0.2, -0.15) is 9.78 Å². The van der Waals surface area contributed by atoms with E-state index >= 15 is 0 Å². The van der Waals surface area contributed by atoms with Crippen LogP contribution < -0.4 is 4.74 Å². The molecule has 1 aliphatic carbocycles. The number of halogens is 1. The summed E-state index contributed by atoms with van der Waals surface area (Å²) in [5, 5.41) is 15.3. The molecule has 0 amide bonds. The van der Waals surface area contributed by atoms with E-state index in [2.05, 4.69) is 34.2 Å². The molecule has 1 unspecified atom stereocenters. The molecular formula is C21H25ClN4O2. The zero-order chi connectivity index (χ0) is 18.8. The number of methoxy groups -OCH3 is 1. The second kappa shape index (κ2) is 8.63. The van der Waals surface area contributed by atoms with Crippen LogP contribution in [0, 0.1) is 0 Å². The van der Waals surface area contributed by atoms with Crippen LogP contribution in [-0.2, 0) is 19.4 Å². The Morgan fingerprint density at radius 2 is 2.00 bits per heavy atom. The Labute approximate surface area is 171 Å². The molecule has 1 aliphatic rings. The summed E-state index contributed by atoms with van der Waals surface area (Å²) in [4.78, 5) is 6.65. The SMILES string of the molecule is COc1ccc(CN(C)C2CCc3nn(-c4ccccn4)c(O)c3C2)cc1.Cl. The van der Waals surface area contributed by atoms with E-state index in [-0.39, 0.29) is 18.3 Å². The third-order valence-corrected chi connectivity index (χ3v) is 5.27. The van der Waals surface area contributed by atoms with E-state index in [1.54, 1.807) is 18.0 Å². The normalized spacial score (nSPS) is 15.8. The fourth-order valence-corrected chi connectivity index (χ4v) is 3.70. The molecule has 1 N–H and O–H groups in total. The lowest BCUT2D eigenvalue weighted by Gasteiger charge is -2.30. The molecule has 4 rings (SSSR count). The number of benzene rings is 1. The Morgan fingerprint density at radius 1 is 1.21 bits per heavy atom. The van der Waals surface area contributed by atoms with Crippen molar-refractivity contribution in [1.82, 2.24) is 19.7 Å². The van der Waals surface area contributed by atoms with Crippen molar-refractivity contribution in [2.45, 2.75) is 31.8 Å². The number of hydrogen-bond acceptors (Lipinski definition) is 5. The van der Waals surface area contributed by atoms with Gasteiger partial charge < -0.3 is 9.84 Å². The lowest BCUT2D eigenvalue weighted by molar-refractivity contribution is 0.212. The van der Waals surface area contributed by atoms with Crippen LogP contribution in [0.2, 0.25) is 0 Å². The number of hydrogen-bond donors (Lipinski definition) is 1. The average Bonchev–Trinajstić information content (AvgIpc) is 3.05. The minimum Gasteiger partial charge on any atom is -0.497 e. The molecule has 2 heterocycles. The molecule has 0 saturated carbocycles. The molecule has 0 spiro atoms. The molecule has 0 radical (unpaired) electrons. The lowest BCUT2D eigenvalue weighted by Crippen LogP contribution is -2.35. The lowest BCUT2D eigenvalue weighted by atomic mass is 9.92. The number of nitrogens with zero attached hydrogens (tertiary/aromatic N) is 4. The topological polar surface area (TPSA) is 63.4 Å². The van der Waals surface area contributed by atoms with Crippen molar-refractivity contribution in [1.29, 1.82) is 0 Å². The first-order valence-corrected chi connectivity index (χ1v) is 9.20. The molecule has 0 saturated heterocycles. The third kappa shape index (κ3) is 3.98. The fraction of sp³-hybridized carbons (Fsp3) is 0.333. The van der Waals surface area contributed by atoms with Gasteiger partial charge in [0.15, 0.2) is 5.82 Å². The summed E-state index contributed by atoms with van der Waals surface area (Å²) in [5.41, 5.74) is 3.17. The molecule has 0 aliphatic heterocycles. The van der Waals surface area contributed by atoms with Gasteiger partial charge in [0, 0.05) is 24.3 Å². The van der Waals surface area contributed by atoms with Crippen LogP contribution in [0.25, 0.3) is 5.82 Å². The number of rotatable bonds is 5. The summed E-state index contributed by atoms with van der Waals surface area (Å²) >= 11 is 0. The third-order valence-electron chi connectivity index (χ3n) is 5.27. The molecule has 148 valence electrons. The van der Waals surface area contributed by atoms with Crippen LogP contribution >= 0.6 is 12.4 Å². The number of likely N-dealkylation sites (N-methyl/N-ethyl adjacent to an activating group) is 1. The van der Waals surface area contributed by atoms with Gasteiger partial charge in [-0.15, -0.1) is 12.4 Å². The van der Waals surface area contributed by atoms with Gasteiger partial charge in [0.2, 0.25) is 5.88 Å². The highest BCUT2D eigenvalue weighted by atomic mass is 35.5. The van der Waals surface area contributed by atoms with Crippen LogP contribution in [0.3, 0.4) is 0 Å². The molecule has 0 fully saturated rings. The quantitative estimate of drug-likeness (QED) is 0.711. The van der Waals surface area contributed by atoms with Crippen LogP contribution in [0.15, 0.2) is 48.7 Å². The van der Waals surface area contributed by atoms with Gasteiger partial charge in [-0.05, 0) is 56.1 Å². The van der Waals surface area contributed by atoms with Gasteiger partial charge in [0.25, 0.3) is 0 Å². The minimum absolute atomic E-state index is 0. The van der Waals surface area contributed by atoms with Crippen molar-refractivity contribution in [3.63, 3.8) is 0 Å². The predicted octanol–water partition coefficient (Wildman–Crippen LogP) is 3.39. The molecule has 7 heteroatoms. The van der Waals surface area contributed by atoms with Crippen molar-refractivity contribution in [2.24, 2.45) is 0 Å². The van der Waals surface area contributed by atoms with Gasteiger partial charge in [-0.25, -0.2) is 4.98 Å². The van der Waals surface area contributed by atoms with E-state index in [1.807, 2.05) is 30.3 Å². The standard InChI is InChI=1S/C21H24N4O2.ClH/c1-24(14-15-6-9-17(27-2)10-7-15)16-8-11-19-18(13-16)21(26)25(23-19)20-5-3-4-12-22-20;/h3-7,9-10,12,16,26H,8,11,13-14H2,1-2H3;1H. The van der Waals surface area contributed by atoms with Gasteiger partial charge in [0.05, 0.1) is 12.8 Å². The van der Waals surface area contributed by atoms with Crippen molar-refractivity contribution in [2.75, 3.05) is 14.2 Å². The first-order chi connectivity index (χ1) is 13.2. The second-order valence-electron chi connectivity index (χ2n) is 7.01. The Kier molecular flexibility index (Phi) is 6.21. The van der Waals surface area contributed by atoms with Crippen molar-refractivity contribution in [3.05, 3.63) is 65.5 Å². The molecule has 1 atom stereocenters. The number of aromatic nitrogens is 3. The monoisotopic (exact) mass is 400 g/mol. The number of pyridine rings is 1. The average molecular weight is 401 g/mol. The summed E-state index contributed by atoms with van der Waals surface area (Å²) in [6.45, 7) is 0.860. The van der Waals surface area contributed by atoms with E-state index in [4.69, 9.17) is 4.74 Å². The Bertz CT molecular complexity index is 912. The van der Waals surface area contributed by atoms with E-state index in [0.29, 0.717) is 11.9 Å². The van der Waals surface area contributed by atoms with E-state index < -0.39 is 0 Å². The molecule has 6 nitrogen and oxygen atoms in total. The zero-order valence-electron chi connectivity index (χ0n) is 16.1. The largest absolute Gasteiger partial charge is 0.497 e. The van der Waals surface area contributed by atoms with Crippen LogP contribution in [0.1, 0.15) is 23.2 Å². The van der Waals surface area contributed by atoms with Crippen LogP contribution in [0.4, 0.5) is 0 Å². The van der Waals surface area contributed by atoms with Crippen molar-refractivity contribution >= 4 is 12.4 Å². The van der Waals surface area contributed by atoms with Gasteiger partial charge in [-0.3, -0.25) is 4.90 Å². The number of fused-ring (bicyclic) bond motifs is 1. The summed E-state index contributed by atoms with van der Waals surface area (Å²) in [5.74, 6) is 1.73. The predicted molar refractivity (Wildman–Crippen MR) is 111 cm³/mol. The van der Waals surface area contributed by atoms with Crippen LogP contribution in [0.5, 0.6) is 11.6 Å². The van der Waals surface area contributed by atoms with Gasteiger partial charge >= 0.3 is 0 Å². The summed E-state index contributed by atoms with van der Waals surface area (Å²) < 4.78 is 6.78. The Morgan fingerprint density at radius 3 is 2.68 bits per heavy atom. The number of ether oxygens (including phenoxy) is 1. The Balaban J connectivity index is 0.00000225. The summed E-state index contributed by atoms with van der Waals surface area (Å²) in [6.07, 6.45) is 4.39. The highest BCUT2D eigenvalue weighted by Gasteiger charge is 2.28. The maximum Gasteiger partial charge on any atom is 0.219 e. The van der Waals surface area contributed by atoms with E-state index in [9.17, 15) is 5.11 Å². The highest BCUT2D eigenvalue weighted by molar-refractivity contribution is 5.85. The summed E-state index contributed by atoms with van der Waals surface area (Å²) in [6, 6.07) is 14.1. The summed E-state index contributed by atoms with van der Waals surface area (Å²) in [7, 11) is 3.82. The highest BCUT2D eigenvalue weighted by Crippen LogP contribution is 2.32. The molecule has 28 heavy (non-hydrogen) atoms. The first kappa shape index (κ1) is 20.2. The smallest absolute Gasteiger partial charge is 0.219 e. The maximum atomic E-state index is 10.7. The molecule has 1 aromatic carbocycles. The van der Waals surface area contributed by atoms with Gasteiger partial charge in [0.1, 0.15) is 5.75 Å². The molecular weight excluding hydrogens is 376 g/mol. The Hall–Kier alpha value is -2.57. The zero-order valence-corrected chi connectivity index (χ0v) is 16.9. The number of aromatic hydroxyl groups is 1. The second-order valence-corrected chi connectivity index (χ2v) is 7.01. The van der Waals surface area contributed by atoms with E-state index in [0.717, 1.165) is 42.8 Å². The number of aryl methyl sites for hydroxylation is 1.